The molecule has 0 bridgehead atoms. The van der Waals surface area contributed by atoms with Gasteiger partial charge in [0.25, 0.3) is 0 Å². The van der Waals surface area contributed by atoms with Gasteiger partial charge in [0.15, 0.2) is 5.78 Å². The van der Waals surface area contributed by atoms with Crippen molar-refractivity contribution < 1.29 is 9.18 Å². The van der Waals surface area contributed by atoms with E-state index in [4.69, 9.17) is 5.26 Å². The molecule has 21 heavy (non-hydrogen) atoms. The van der Waals surface area contributed by atoms with Crippen molar-refractivity contribution in [1.82, 2.24) is 5.32 Å². The van der Waals surface area contributed by atoms with Gasteiger partial charge in [-0.25, -0.2) is 4.39 Å². The lowest BCUT2D eigenvalue weighted by Crippen LogP contribution is -2.31. The summed E-state index contributed by atoms with van der Waals surface area (Å²) in [6.07, 6.45) is 1.83. The maximum absolute atomic E-state index is 12.8. The van der Waals surface area contributed by atoms with Crippen molar-refractivity contribution in [2.75, 3.05) is 6.54 Å². The number of nitriles is 1. The zero-order valence-corrected chi connectivity index (χ0v) is 12.4. The first kappa shape index (κ1) is 15.2. The predicted molar refractivity (Wildman–Crippen MR) is 78.8 cm³/mol. The Hall–Kier alpha value is -2.15. The Labute approximate surface area is 124 Å². The summed E-state index contributed by atoms with van der Waals surface area (Å²) >= 11 is 0. The normalized spacial score (nSPS) is 17.5. The van der Waals surface area contributed by atoms with E-state index in [0.29, 0.717) is 19.4 Å². The van der Waals surface area contributed by atoms with E-state index in [2.05, 4.69) is 5.32 Å². The summed E-state index contributed by atoms with van der Waals surface area (Å²) in [7, 11) is 0. The number of rotatable bonds is 4. The van der Waals surface area contributed by atoms with Gasteiger partial charge in [0.2, 0.25) is 0 Å². The van der Waals surface area contributed by atoms with Crippen LogP contribution >= 0.6 is 0 Å². The molecule has 1 aliphatic carbocycles. The third-order valence-corrected chi connectivity index (χ3v) is 3.65. The number of benzene rings is 1. The number of hydrogen-bond acceptors (Lipinski definition) is 3. The van der Waals surface area contributed by atoms with Crippen molar-refractivity contribution in [2.45, 2.75) is 33.1 Å². The fourth-order valence-electron chi connectivity index (χ4n) is 2.61. The number of allylic oxidation sites excluding steroid dienone is 2. The smallest absolute Gasteiger partial charge is 0.175 e. The first-order valence-corrected chi connectivity index (χ1v) is 7.06. The summed E-state index contributed by atoms with van der Waals surface area (Å²) in [6, 6.07) is 8.37. The summed E-state index contributed by atoms with van der Waals surface area (Å²) in [5, 5.41) is 12.4. The van der Waals surface area contributed by atoms with Crippen LogP contribution in [0.15, 0.2) is 35.5 Å². The molecule has 4 heteroatoms. The SMILES string of the molecule is CC1(C)CC(=O)C(C#N)=C(NCCc2ccc(F)cc2)C1. The third-order valence-electron chi connectivity index (χ3n) is 3.65. The Morgan fingerprint density at radius 1 is 1.29 bits per heavy atom. The molecule has 1 N–H and O–H groups in total. The summed E-state index contributed by atoms with van der Waals surface area (Å²) in [6.45, 7) is 4.68. The van der Waals surface area contributed by atoms with Crippen LogP contribution in [0.25, 0.3) is 0 Å². The molecule has 0 aliphatic heterocycles. The van der Waals surface area contributed by atoms with Crippen LogP contribution in [0.5, 0.6) is 0 Å². The van der Waals surface area contributed by atoms with E-state index in [0.717, 1.165) is 17.7 Å². The molecule has 0 amide bonds. The van der Waals surface area contributed by atoms with Gasteiger partial charge in [0.1, 0.15) is 17.5 Å². The zero-order chi connectivity index (χ0) is 15.5. The molecule has 0 aromatic heterocycles. The lowest BCUT2D eigenvalue weighted by molar-refractivity contribution is -0.117. The molecular formula is C17H19FN2O. The molecule has 2 rings (SSSR count). The van der Waals surface area contributed by atoms with Crippen LogP contribution < -0.4 is 5.32 Å². The monoisotopic (exact) mass is 286 g/mol. The number of Topliss-reactive ketones (excluding diaryl/α,β-unsaturated/α-hetero) is 1. The molecule has 0 heterocycles. The Morgan fingerprint density at radius 2 is 1.95 bits per heavy atom. The minimum Gasteiger partial charge on any atom is -0.387 e. The Morgan fingerprint density at radius 3 is 2.57 bits per heavy atom. The minimum absolute atomic E-state index is 0.0852. The lowest BCUT2D eigenvalue weighted by Gasteiger charge is -2.30. The van der Waals surface area contributed by atoms with Crippen molar-refractivity contribution >= 4 is 5.78 Å². The fourth-order valence-corrected chi connectivity index (χ4v) is 2.61. The number of halogens is 1. The van der Waals surface area contributed by atoms with Gasteiger partial charge in [0.05, 0.1) is 0 Å². The molecule has 0 saturated heterocycles. The van der Waals surface area contributed by atoms with Gasteiger partial charge in [-0.2, -0.15) is 5.26 Å². The quantitative estimate of drug-likeness (QED) is 0.925. The average Bonchev–Trinajstić information content (AvgIpc) is 2.39. The van der Waals surface area contributed by atoms with Gasteiger partial charge in [0, 0.05) is 18.7 Å². The van der Waals surface area contributed by atoms with Gasteiger partial charge in [-0.15, -0.1) is 0 Å². The molecular weight excluding hydrogens is 267 g/mol. The van der Waals surface area contributed by atoms with Gasteiger partial charge in [-0.1, -0.05) is 26.0 Å². The molecule has 0 spiro atoms. The maximum Gasteiger partial charge on any atom is 0.175 e. The van der Waals surface area contributed by atoms with Crippen LogP contribution in [0.2, 0.25) is 0 Å². The number of ketones is 1. The highest BCUT2D eigenvalue weighted by atomic mass is 19.1. The van der Waals surface area contributed by atoms with Crippen molar-refractivity contribution in [1.29, 1.82) is 5.26 Å². The van der Waals surface area contributed by atoms with Crippen LogP contribution in [0.1, 0.15) is 32.3 Å². The number of nitrogens with one attached hydrogen (secondary N) is 1. The second-order valence-corrected chi connectivity index (χ2v) is 6.21. The van der Waals surface area contributed by atoms with Gasteiger partial charge in [-0.3, -0.25) is 4.79 Å². The first-order valence-electron chi connectivity index (χ1n) is 7.06. The number of hydrogen-bond donors (Lipinski definition) is 1. The summed E-state index contributed by atoms with van der Waals surface area (Å²) < 4.78 is 12.8. The van der Waals surface area contributed by atoms with Gasteiger partial charge in [-0.05, 0) is 36.0 Å². The van der Waals surface area contributed by atoms with E-state index >= 15 is 0 Å². The van der Waals surface area contributed by atoms with Gasteiger partial charge < -0.3 is 5.32 Å². The van der Waals surface area contributed by atoms with Crippen molar-refractivity contribution in [3.05, 3.63) is 46.9 Å². The molecule has 0 atom stereocenters. The molecule has 1 aromatic carbocycles. The standard InChI is InChI=1S/C17H19FN2O/c1-17(2)9-15(14(11-19)16(21)10-17)20-8-7-12-3-5-13(18)6-4-12/h3-6,20H,7-10H2,1-2H3. The Bertz CT molecular complexity index is 609. The second-order valence-electron chi connectivity index (χ2n) is 6.21. The van der Waals surface area contributed by atoms with Crippen LogP contribution in [0.4, 0.5) is 4.39 Å². The number of nitrogens with zero attached hydrogens (tertiary/aromatic N) is 1. The lowest BCUT2D eigenvalue weighted by atomic mass is 9.76. The molecule has 1 aliphatic rings. The van der Waals surface area contributed by atoms with E-state index in [1.54, 1.807) is 12.1 Å². The zero-order valence-electron chi connectivity index (χ0n) is 12.4. The second kappa shape index (κ2) is 6.09. The van der Waals surface area contributed by atoms with Crippen LogP contribution in [0, 0.1) is 22.6 Å². The third kappa shape index (κ3) is 3.91. The van der Waals surface area contributed by atoms with Gasteiger partial charge >= 0.3 is 0 Å². The summed E-state index contributed by atoms with van der Waals surface area (Å²) in [5.41, 5.74) is 1.90. The van der Waals surface area contributed by atoms with Crippen molar-refractivity contribution in [3.63, 3.8) is 0 Å². The topological polar surface area (TPSA) is 52.9 Å². The largest absolute Gasteiger partial charge is 0.387 e. The molecule has 110 valence electrons. The van der Waals surface area contributed by atoms with Crippen molar-refractivity contribution in [2.24, 2.45) is 5.41 Å². The molecule has 0 fully saturated rings. The van der Waals surface area contributed by atoms with E-state index < -0.39 is 0 Å². The van der Waals surface area contributed by atoms with Crippen LogP contribution in [-0.4, -0.2) is 12.3 Å². The molecule has 0 unspecified atom stereocenters. The van der Waals surface area contributed by atoms with Crippen LogP contribution in [-0.2, 0) is 11.2 Å². The average molecular weight is 286 g/mol. The number of carbonyl (C=O) groups is 1. The highest BCUT2D eigenvalue weighted by molar-refractivity contribution is 6.01. The maximum atomic E-state index is 12.8. The van der Waals surface area contributed by atoms with E-state index in [9.17, 15) is 9.18 Å². The molecule has 0 radical (unpaired) electrons. The predicted octanol–water partition coefficient (Wildman–Crippen LogP) is 3.12. The first-order chi connectivity index (χ1) is 9.91. The van der Waals surface area contributed by atoms with E-state index in [-0.39, 0.29) is 22.6 Å². The molecule has 3 nitrogen and oxygen atoms in total. The summed E-state index contributed by atoms with van der Waals surface area (Å²) in [4.78, 5) is 12.0. The van der Waals surface area contributed by atoms with E-state index in [1.165, 1.54) is 12.1 Å². The number of carbonyl (C=O) groups excluding carboxylic acids is 1. The molecule has 0 saturated carbocycles. The fraction of sp³-hybridized carbons (Fsp3) is 0.412. The highest BCUT2D eigenvalue weighted by Crippen LogP contribution is 2.35. The van der Waals surface area contributed by atoms with Crippen molar-refractivity contribution in [3.8, 4) is 6.07 Å². The summed E-state index contributed by atoms with van der Waals surface area (Å²) in [5.74, 6) is -0.334. The molecule has 1 aromatic rings. The highest BCUT2D eigenvalue weighted by Gasteiger charge is 2.32. The van der Waals surface area contributed by atoms with Crippen LogP contribution in [0.3, 0.4) is 0 Å². The van der Waals surface area contributed by atoms with E-state index in [1.807, 2.05) is 19.9 Å². The Kier molecular flexibility index (Phi) is 4.42. The Balaban J connectivity index is 2.02. The minimum atomic E-state index is -0.249.